The minimum atomic E-state index is -0.282. The first kappa shape index (κ1) is 19.2. The van der Waals surface area contributed by atoms with Crippen LogP contribution in [0.15, 0.2) is 54.6 Å². The highest BCUT2D eigenvalue weighted by Crippen LogP contribution is 2.25. The van der Waals surface area contributed by atoms with Crippen LogP contribution in [0.4, 0.5) is 5.69 Å². The Labute approximate surface area is 161 Å². The minimum absolute atomic E-state index is 0.0640. The lowest BCUT2D eigenvalue weighted by molar-refractivity contribution is -0.128. The third-order valence-corrected chi connectivity index (χ3v) is 5.12. The monoisotopic (exact) mass is 364 g/mol. The van der Waals surface area contributed by atoms with Gasteiger partial charge in [0.05, 0.1) is 5.92 Å². The standard InChI is InChI=1S/C23H28N2O2/c1-23(2,3)19-9-11-20(12-10-19)24-22(27)18-15-21(26)25(16-18)14-13-17-7-5-4-6-8-17/h4-12,18H,13-16H2,1-3H3,(H,24,27). The van der Waals surface area contributed by atoms with Crippen molar-refractivity contribution in [1.82, 2.24) is 4.90 Å². The predicted octanol–water partition coefficient (Wildman–Crippen LogP) is 4.01. The summed E-state index contributed by atoms with van der Waals surface area (Å²) in [6, 6.07) is 18.1. The number of hydrogen-bond donors (Lipinski definition) is 1. The smallest absolute Gasteiger partial charge is 0.229 e. The van der Waals surface area contributed by atoms with Crippen LogP contribution in [0.2, 0.25) is 0 Å². The summed E-state index contributed by atoms with van der Waals surface area (Å²) >= 11 is 0. The zero-order valence-corrected chi connectivity index (χ0v) is 16.4. The van der Waals surface area contributed by atoms with Crippen molar-refractivity contribution in [2.24, 2.45) is 5.92 Å². The Balaban J connectivity index is 1.54. The summed E-state index contributed by atoms with van der Waals surface area (Å²) in [6.45, 7) is 7.64. The summed E-state index contributed by atoms with van der Waals surface area (Å²) in [5.41, 5.74) is 3.29. The van der Waals surface area contributed by atoms with Gasteiger partial charge in [0, 0.05) is 25.2 Å². The predicted molar refractivity (Wildman–Crippen MR) is 109 cm³/mol. The van der Waals surface area contributed by atoms with Crippen molar-refractivity contribution in [1.29, 1.82) is 0 Å². The molecule has 2 aromatic rings. The maximum Gasteiger partial charge on any atom is 0.229 e. The first-order chi connectivity index (χ1) is 12.8. The zero-order chi connectivity index (χ0) is 19.4. The molecule has 2 amide bonds. The molecule has 2 aromatic carbocycles. The van der Waals surface area contributed by atoms with Crippen molar-refractivity contribution in [2.75, 3.05) is 18.4 Å². The quantitative estimate of drug-likeness (QED) is 0.871. The number of likely N-dealkylation sites (tertiary alicyclic amines) is 1. The Hall–Kier alpha value is -2.62. The first-order valence-corrected chi connectivity index (χ1v) is 9.56. The van der Waals surface area contributed by atoms with Crippen molar-refractivity contribution in [3.63, 3.8) is 0 Å². The van der Waals surface area contributed by atoms with Crippen LogP contribution >= 0.6 is 0 Å². The Kier molecular flexibility index (Phi) is 5.64. The third-order valence-electron chi connectivity index (χ3n) is 5.12. The van der Waals surface area contributed by atoms with Gasteiger partial charge in [0.15, 0.2) is 0 Å². The number of anilines is 1. The average molecular weight is 364 g/mol. The molecule has 142 valence electrons. The molecule has 4 nitrogen and oxygen atoms in total. The largest absolute Gasteiger partial charge is 0.342 e. The molecule has 1 atom stereocenters. The van der Waals surface area contributed by atoms with E-state index in [1.165, 1.54) is 11.1 Å². The molecule has 1 heterocycles. The summed E-state index contributed by atoms with van der Waals surface area (Å²) in [5, 5.41) is 2.96. The number of rotatable bonds is 5. The second-order valence-electron chi connectivity index (χ2n) is 8.29. The molecule has 27 heavy (non-hydrogen) atoms. The topological polar surface area (TPSA) is 49.4 Å². The van der Waals surface area contributed by atoms with Gasteiger partial charge in [0.2, 0.25) is 11.8 Å². The van der Waals surface area contributed by atoms with Gasteiger partial charge in [-0.05, 0) is 35.1 Å². The van der Waals surface area contributed by atoms with Crippen molar-refractivity contribution >= 4 is 17.5 Å². The van der Waals surface area contributed by atoms with Gasteiger partial charge in [-0.25, -0.2) is 0 Å². The van der Waals surface area contributed by atoms with E-state index in [9.17, 15) is 9.59 Å². The Morgan fingerprint density at radius 2 is 1.74 bits per heavy atom. The summed E-state index contributed by atoms with van der Waals surface area (Å²) in [4.78, 5) is 26.6. The number of amides is 2. The molecule has 0 aliphatic carbocycles. The molecule has 3 rings (SSSR count). The maximum atomic E-state index is 12.6. The van der Waals surface area contributed by atoms with Crippen LogP contribution in [0.3, 0.4) is 0 Å². The second kappa shape index (κ2) is 7.95. The summed E-state index contributed by atoms with van der Waals surface area (Å²) < 4.78 is 0. The van der Waals surface area contributed by atoms with E-state index in [0.29, 0.717) is 19.5 Å². The molecule has 1 saturated heterocycles. The highest BCUT2D eigenvalue weighted by Gasteiger charge is 2.34. The van der Waals surface area contributed by atoms with Crippen LogP contribution in [0.5, 0.6) is 0 Å². The van der Waals surface area contributed by atoms with Crippen molar-refractivity contribution < 1.29 is 9.59 Å². The molecule has 0 saturated carbocycles. The Morgan fingerprint density at radius 3 is 2.37 bits per heavy atom. The van der Waals surface area contributed by atoms with Crippen LogP contribution in [0.1, 0.15) is 38.3 Å². The van der Waals surface area contributed by atoms with Crippen LogP contribution in [0.25, 0.3) is 0 Å². The summed E-state index contributed by atoms with van der Waals surface area (Å²) in [6.07, 6.45) is 1.11. The van der Waals surface area contributed by atoms with E-state index in [2.05, 4.69) is 38.2 Å². The van der Waals surface area contributed by atoms with Gasteiger partial charge >= 0.3 is 0 Å². The van der Waals surface area contributed by atoms with Gasteiger partial charge in [-0.1, -0.05) is 63.2 Å². The first-order valence-electron chi connectivity index (χ1n) is 9.56. The normalized spacial score (nSPS) is 17.2. The summed E-state index contributed by atoms with van der Waals surface area (Å²) in [7, 11) is 0. The van der Waals surface area contributed by atoms with E-state index in [-0.39, 0.29) is 23.1 Å². The minimum Gasteiger partial charge on any atom is -0.342 e. The van der Waals surface area contributed by atoms with E-state index < -0.39 is 0 Å². The zero-order valence-electron chi connectivity index (χ0n) is 16.4. The van der Waals surface area contributed by atoms with Crippen molar-refractivity contribution in [3.8, 4) is 0 Å². The fourth-order valence-corrected chi connectivity index (χ4v) is 3.37. The SMILES string of the molecule is CC(C)(C)c1ccc(NC(=O)C2CC(=O)N(CCc3ccccc3)C2)cc1. The van der Waals surface area contributed by atoms with Gasteiger partial charge in [-0.3, -0.25) is 9.59 Å². The van der Waals surface area contributed by atoms with Crippen LogP contribution in [-0.4, -0.2) is 29.8 Å². The second-order valence-corrected chi connectivity index (χ2v) is 8.29. The number of nitrogens with zero attached hydrogens (tertiary/aromatic N) is 1. The molecule has 4 heteroatoms. The van der Waals surface area contributed by atoms with Crippen molar-refractivity contribution in [3.05, 3.63) is 65.7 Å². The van der Waals surface area contributed by atoms with E-state index in [1.54, 1.807) is 4.90 Å². The Morgan fingerprint density at radius 1 is 1.07 bits per heavy atom. The molecule has 0 bridgehead atoms. The molecule has 1 aliphatic rings. The molecule has 1 unspecified atom stereocenters. The number of benzene rings is 2. The van der Waals surface area contributed by atoms with Crippen molar-refractivity contribution in [2.45, 2.75) is 39.0 Å². The maximum absolute atomic E-state index is 12.6. The van der Waals surface area contributed by atoms with E-state index in [4.69, 9.17) is 0 Å². The Bertz CT molecular complexity index is 791. The van der Waals surface area contributed by atoms with E-state index in [1.807, 2.05) is 42.5 Å². The lowest BCUT2D eigenvalue weighted by atomic mass is 9.87. The van der Waals surface area contributed by atoms with Gasteiger partial charge < -0.3 is 10.2 Å². The van der Waals surface area contributed by atoms with Gasteiger partial charge in [-0.2, -0.15) is 0 Å². The highest BCUT2D eigenvalue weighted by atomic mass is 16.2. The average Bonchev–Trinajstić information content (AvgIpc) is 3.01. The van der Waals surface area contributed by atoms with Gasteiger partial charge in [-0.15, -0.1) is 0 Å². The molecule has 0 aromatic heterocycles. The molecule has 0 radical (unpaired) electrons. The molecule has 0 spiro atoms. The molecular formula is C23H28N2O2. The van der Waals surface area contributed by atoms with Gasteiger partial charge in [0.1, 0.15) is 0 Å². The third kappa shape index (κ3) is 4.97. The highest BCUT2D eigenvalue weighted by molar-refractivity contribution is 5.97. The fourth-order valence-electron chi connectivity index (χ4n) is 3.37. The molecule has 1 N–H and O–H groups in total. The number of nitrogens with one attached hydrogen (secondary N) is 1. The molecule has 1 fully saturated rings. The number of hydrogen-bond acceptors (Lipinski definition) is 2. The van der Waals surface area contributed by atoms with Crippen LogP contribution < -0.4 is 5.32 Å². The van der Waals surface area contributed by atoms with Crippen LogP contribution in [0, 0.1) is 5.92 Å². The van der Waals surface area contributed by atoms with E-state index in [0.717, 1.165) is 12.1 Å². The number of carbonyl (C=O) groups excluding carboxylic acids is 2. The lowest BCUT2D eigenvalue weighted by Crippen LogP contribution is -2.30. The van der Waals surface area contributed by atoms with Crippen LogP contribution in [-0.2, 0) is 21.4 Å². The fraction of sp³-hybridized carbons (Fsp3) is 0.391. The lowest BCUT2D eigenvalue weighted by Gasteiger charge is -2.19. The number of carbonyl (C=O) groups is 2. The van der Waals surface area contributed by atoms with E-state index >= 15 is 0 Å². The molecular weight excluding hydrogens is 336 g/mol. The van der Waals surface area contributed by atoms with Gasteiger partial charge in [0.25, 0.3) is 0 Å². The molecule has 1 aliphatic heterocycles. The summed E-state index contributed by atoms with van der Waals surface area (Å²) in [5.74, 6) is -0.293.